The van der Waals surface area contributed by atoms with Gasteiger partial charge in [-0.2, -0.15) is 0 Å². The van der Waals surface area contributed by atoms with E-state index in [9.17, 15) is 4.79 Å². The Morgan fingerprint density at radius 3 is 2.64 bits per heavy atom. The summed E-state index contributed by atoms with van der Waals surface area (Å²) >= 11 is 5.93. The number of benzene rings is 1. The van der Waals surface area contributed by atoms with Crippen molar-refractivity contribution in [2.75, 3.05) is 13.2 Å². The second-order valence-electron chi connectivity index (χ2n) is 3.05. The normalized spacial score (nSPS) is 13.9. The summed E-state index contributed by atoms with van der Waals surface area (Å²) in [4.78, 5) is 10.7. The smallest absolute Gasteiger partial charge is 0.180 e. The molecule has 0 atom stereocenters. The number of rotatable bonds is 1. The van der Waals surface area contributed by atoms with Crippen molar-refractivity contribution in [3.05, 3.63) is 22.2 Å². The van der Waals surface area contributed by atoms with E-state index < -0.39 is 0 Å². The lowest BCUT2D eigenvalue weighted by Gasteiger charge is -2.21. The van der Waals surface area contributed by atoms with Gasteiger partial charge in [-0.3, -0.25) is 4.79 Å². The molecular weight excluding hydrogens is 204 g/mol. The first-order valence-corrected chi connectivity index (χ1v) is 4.65. The molecule has 74 valence electrons. The van der Waals surface area contributed by atoms with Gasteiger partial charge >= 0.3 is 0 Å². The zero-order valence-corrected chi connectivity index (χ0v) is 8.43. The molecule has 0 saturated heterocycles. The van der Waals surface area contributed by atoms with Gasteiger partial charge in [-0.25, -0.2) is 0 Å². The summed E-state index contributed by atoms with van der Waals surface area (Å²) in [5, 5.41) is 0.424. The van der Waals surface area contributed by atoms with Gasteiger partial charge in [0.2, 0.25) is 0 Å². The zero-order valence-electron chi connectivity index (χ0n) is 7.67. The van der Waals surface area contributed by atoms with Gasteiger partial charge in [-0.15, -0.1) is 0 Å². The largest absolute Gasteiger partial charge is 0.486 e. The summed E-state index contributed by atoms with van der Waals surface area (Å²) in [6, 6.07) is 1.59. The lowest BCUT2D eigenvalue weighted by atomic mass is 10.1. The van der Waals surface area contributed by atoms with E-state index in [1.165, 1.54) is 0 Å². The molecule has 1 aliphatic heterocycles. The maximum Gasteiger partial charge on any atom is 0.180 e. The molecule has 1 aliphatic rings. The quantitative estimate of drug-likeness (QED) is 0.670. The van der Waals surface area contributed by atoms with E-state index in [0.29, 0.717) is 35.3 Å². The molecule has 0 unspecified atom stereocenters. The van der Waals surface area contributed by atoms with Gasteiger partial charge in [0, 0.05) is 11.1 Å². The Hall–Kier alpha value is -1.22. The number of carbonyl (C=O) groups excluding carboxylic acids is 1. The lowest BCUT2D eigenvalue weighted by Crippen LogP contribution is -2.17. The Labute approximate surface area is 86.6 Å². The predicted octanol–water partition coefficient (Wildman–Crippen LogP) is 2.23. The number of aldehydes is 1. The molecule has 0 fully saturated rings. The van der Waals surface area contributed by atoms with E-state index in [4.69, 9.17) is 21.1 Å². The minimum Gasteiger partial charge on any atom is -0.486 e. The number of fused-ring (bicyclic) bond motifs is 1. The third-order valence-electron chi connectivity index (χ3n) is 2.18. The standard InChI is InChI=1S/C10H9ClO3/c1-6-7(5-12)4-8(11)10-9(6)13-2-3-14-10/h4-5H,2-3H2,1H3. The van der Waals surface area contributed by atoms with Crippen LogP contribution in [0.25, 0.3) is 0 Å². The van der Waals surface area contributed by atoms with Crippen molar-refractivity contribution in [3.8, 4) is 11.5 Å². The Balaban J connectivity index is 2.64. The molecule has 0 amide bonds. The molecule has 0 saturated carbocycles. The summed E-state index contributed by atoms with van der Waals surface area (Å²) in [5.41, 5.74) is 1.32. The van der Waals surface area contributed by atoms with E-state index in [1.807, 2.05) is 6.92 Å². The van der Waals surface area contributed by atoms with Gasteiger partial charge in [-0.1, -0.05) is 11.6 Å². The van der Waals surface area contributed by atoms with Gasteiger partial charge in [-0.05, 0) is 13.0 Å². The maximum absolute atomic E-state index is 10.7. The second-order valence-corrected chi connectivity index (χ2v) is 3.45. The first-order chi connectivity index (χ1) is 6.74. The van der Waals surface area contributed by atoms with Crippen LogP contribution in [0.2, 0.25) is 5.02 Å². The van der Waals surface area contributed by atoms with Crippen molar-refractivity contribution in [1.29, 1.82) is 0 Å². The van der Waals surface area contributed by atoms with Crippen LogP contribution in [0.5, 0.6) is 11.5 Å². The van der Waals surface area contributed by atoms with Crippen LogP contribution in [0.1, 0.15) is 15.9 Å². The van der Waals surface area contributed by atoms with Gasteiger partial charge in [0.1, 0.15) is 13.2 Å². The van der Waals surface area contributed by atoms with E-state index in [1.54, 1.807) is 6.07 Å². The van der Waals surface area contributed by atoms with Crippen LogP contribution in [0.4, 0.5) is 0 Å². The first kappa shape index (κ1) is 9.34. The van der Waals surface area contributed by atoms with Crippen molar-refractivity contribution in [1.82, 2.24) is 0 Å². The van der Waals surface area contributed by atoms with Gasteiger partial charge in [0.25, 0.3) is 0 Å². The van der Waals surface area contributed by atoms with Crippen molar-refractivity contribution in [2.45, 2.75) is 6.92 Å². The van der Waals surface area contributed by atoms with Gasteiger partial charge < -0.3 is 9.47 Å². The van der Waals surface area contributed by atoms with Crippen LogP contribution in [0.15, 0.2) is 6.07 Å². The summed E-state index contributed by atoms with van der Waals surface area (Å²) in [6.07, 6.45) is 0.763. The van der Waals surface area contributed by atoms with Crippen LogP contribution < -0.4 is 9.47 Å². The number of hydrogen-bond acceptors (Lipinski definition) is 3. The Morgan fingerprint density at radius 1 is 1.36 bits per heavy atom. The van der Waals surface area contributed by atoms with Crippen molar-refractivity contribution < 1.29 is 14.3 Å². The molecule has 1 aromatic carbocycles. The third kappa shape index (κ3) is 1.34. The van der Waals surface area contributed by atoms with Gasteiger partial charge in [0.15, 0.2) is 17.8 Å². The number of carbonyl (C=O) groups is 1. The molecule has 0 N–H and O–H groups in total. The fourth-order valence-electron chi connectivity index (χ4n) is 1.44. The van der Waals surface area contributed by atoms with E-state index >= 15 is 0 Å². The van der Waals surface area contributed by atoms with Crippen LogP contribution in [0.3, 0.4) is 0 Å². The summed E-state index contributed by atoms with van der Waals surface area (Å²) in [6.45, 7) is 2.80. The molecule has 1 aromatic rings. The molecule has 0 aliphatic carbocycles. The summed E-state index contributed by atoms with van der Waals surface area (Å²) < 4.78 is 10.8. The Kier molecular flexibility index (Phi) is 2.33. The minimum atomic E-state index is 0.424. The van der Waals surface area contributed by atoms with Gasteiger partial charge in [0.05, 0.1) is 5.02 Å². The van der Waals surface area contributed by atoms with Crippen molar-refractivity contribution in [2.24, 2.45) is 0 Å². The number of halogens is 1. The highest BCUT2D eigenvalue weighted by Gasteiger charge is 2.20. The molecule has 0 spiro atoms. The zero-order chi connectivity index (χ0) is 10.1. The molecule has 2 rings (SSSR count). The van der Waals surface area contributed by atoms with E-state index in [2.05, 4.69) is 0 Å². The SMILES string of the molecule is Cc1c(C=O)cc(Cl)c2c1OCCO2. The molecule has 0 aromatic heterocycles. The number of ether oxygens (including phenoxy) is 2. The average Bonchev–Trinajstić information content (AvgIpc) is 2.23. The Morgan fingerprint density at radius 2 is 2.00 bits per heavy atom. The molecule has 1 heterocycles. The van der Waals surface area contributed by atoms with Crippen molar-refractivity contribution in [3.63, 3.8) is 0 Å². The minimum absolute atomic E-state index is 0.424. The highest BCUT2D eigenvalue weighted by atomic mass is 35.5. The highest BCUT2D eigenvalue weighted by molar-refractivity contribution is 6.32. The maximum atomic E-state index is 10.7. The molecular formula is C10H9ClO3. The summed E-state index contributed by atoms with van der Waals surface area (Å²) in [5.74, 6) is 1.13. The lowest BCUT2D eigenvalue weighted by molar-refractivity contribution is 0.112. The van der Waals surface area contributed by atoms with Crippen molar-refractivity contribution >= 4 is 17.9 Å². The predicted molar refractivity (Wildman–Crippen MR) is 52.6 cm³/mol. The topological polar surface area (TPSA) is 35.5 Å². The fourth-order valence-corrected chi connectivity index (χ4v) is 1.70. The first-order valence-electron chi connectivity index (χ1n) is 4.28. The summed E-state index contributed by atoms with van der Waals surface area (Å²) in [7, 11) is 0. The fraction of sp³-hybridized carbons (Fsp3) is 0.300. The van der Waals surface area contributed by atoms with E-state index in [0.717, 1.165) is 11.8 Å². The second kappa shape index (κ2) is 3.50. The van der Waals surface area contributed by atoms with Crippen LogP contribution in [0, 0.1) is 6.92 Å². The number of hydrogen-bond donors (Lipinski definition) is 0. The highest BCUT2D eigenvalue weighted by Crippen LogP contribution is 2.41. The Bertz CT molecular complexity index is 387. The van der Waals surface area contributed by atoms with Crippen LogP contribution >= 0.6 is 11.6 Å². The molecule has 0 bridgehead atoms. The van der Waals surface area contributed by atoms with E-state index in [-0.39, 0.29) is 0 Å². The molecule has 4 heteroatoms. The molecule has 3 nitrogen and oxygen atoms in total. The van der Waals surface area contributed by atoms with Crippen LogP contribution in [-0.2, 0) is 0 Å². The molecule has 14 heavy (non-hydrogen) atoms. The third-order valence-corrected chi connectivity index (χ3v) is 2.46. The monoisotopic (exact) mass is 212 g/mol. The average molecular weight is 213 g/mol. The van der Waals surface area contributed by atoms with Crippen LogP contribution in [-0.4, -0.2) is 19.5 Å². The molecule has 0 radical (unpaired) electrons.